The summed E-state index contributed by atoms with van der Waals surface area (Å²) in [5.41, 5.74) is 3.32. The van der Waals surface area contributed by atoms with Gasteiger partial charge in [-0.2, -0.15) is 0 Å². The van der Waals surface area contributed by atoms with Crippen LogP contribution in [0, 0.1) is 12.7 Å². The van der Waals surface area contributed by atoms with Gasteiger partial charge in [-0.3, -0.25) is 19.1 Å². The van der Waals surface area contributed by atoms with Gasteiger partial charge < -0.3 is 0 Å². The van der Waals surface area contributed by atoms with Gasteiger partial charge in [0.2, 0.25) is 0 Å². The summed E-state index contributed by atoms with van der Waals surface area (Å²) in [5, 5.41) is 0.495. The van der Waals surface area contributed by atoms with Crippen molar-refractivity contribution in [2.75, 3.05) is 4.90 Å². The Morgan fingerprint density at radius 3 is 2.90 bits per heavy atom. The number of halogens is 1. The Morgan fingerprint density at radius 2 is 2.07 bits per heavy atom. The average Bonchev–Trinajstić information content (AvgIpc) is 3.31. The van der Waals surface area contributed by atoms with Gasteiger partial charge in [0.05, 0.1) is 22.5 Å². The van der Waals surface area contributed by atoms with Crippen LogP contribution in [0.3, 0.4) is 0 Å². The van der Waals surface area contributed by atoms with Gasteiger partial charge in [0.15, 0.2) is 5.13 Å². The van der Waals surface area contributed by atoms with Crippen molar-refractivity contribution >= 4 is 38.2 Å². The molecule has 0 unspecified atom stereocenters. The van der Waals surface area contributed by atoms with Gasteiger partial charge in [-0.15, -0.1) is 0 Å². The van der Waals surface area contributed by atoms with Crippen molar-refractivity contribution in [3.63, 3.8) is 0 Å². The summed E-state index contributed by atoms with van der Waals surface area (Å²) in [7, 11) is 0. The molecule has 0 aliphatic heterocycles. The molecule has 30 heavy (non-hydrogen) atoms. The number of carbonyl (C=O) groups excluding carboxylic acids is 1. The van der Waals surface area contributed by atoms with E-state index in [1.165, 1.54) is 23.5 Å². The summed E-state index contributed by atoms with van der Waals surface area (Å²) in [6, 6.07) is 13.7. The van der Waals surface area contributed by atoms with Crippen molar-refractivity contribution in [3.05, 3.63) is 89.9 Å². The number of aromatic nitrogens is 4. The highest BCUT2D eigenvalue weighted by Gasteiger charge is 2.26. The number of benzene rings is 1. The van der Waals surface area contributed by atoms with E-state index in [-0.39, 0.29) is 18.3 Å². The normalized spacial score (nSPS) is 11.3. The lowest BCUT2D eigenvalue weighted by molar-refractivity contribution is 0.0979. The molecule has 0 aliphatic rings. The molecule has 5 aromatic rings. The van der Waals surface area contributed by atoms with Crippen LogP contribution in [-0.4, -0.2) is 25.3 Å². The average molecular weight is 417 g/mol. The van der Waals surface area contributed by atoms with Gasteiger partial charge >= 0.3 is 0 Å². The molecule has 148 valence electrons. The predicted octanol–water partition coefficient (Wildman–Crippen LogP) is 4.63. The topological polar surface area (TPSA) is 63.4 Å². The van der Waals surface area contributed by atoms with Crippen LogP contribution in [0.1, 0.15) is 21.7 Å². The molecule has 1 aromatic carbocycles. The first-order valence-corrected chi connectivity index (χ1v) is 10.1. The second-order valence-corrected chi connectivity index (χ2v) is 7.84. The summed E-state index contributed by atoms with van der Waals surface area (Å²) in [5.74, 6) is -0.560. The van der Waals surface area contributed by atoms with Crippen LogP contribution in [0.5, 0.6) is 0 Å². The van der Waals surface area contributed by atoms with Crippen molar-refractivity contribution < 1.29 is 9.18 Å². The van der Waals surface area contributed by atoms with E-state index < -0.39 is 0 Å². The molecule has 0 aliphatic carbocycles. The molecule has 1 amide bonds. The Morgan fingerprint density at radius 1 is 1.17 bits per heavy atom. The van der Waals surface area contributed by atoms with Gasteiger partial charge in [0.1, 0.15) is 17.2 Å². The molecular weight excluding hydrogens is 401 g/mol. The lowest BCUT2D eigenvalue weighted by atomic mass is 10.2. The second kappa shape index (κ2) is 7.31. The third-order valence-corrected chi connectivity index (χ3v) is 5.83. The number of rotatable bonds is 4. The molecule has 0 spiro atoms. The number of imidazole rings is 1. The molecule has 0 fully saturated rings. The maximum absolute atomic E-state index is 13.7. The highest BCUT2D eigenvalue weighted by atomic mass is 32.1. The third-order valence-electron chi connectivity index (χ3n) is 4.79. The monoisotopic (exact) mass is 417 g/mol. The van der Waals surface area contributed by atoms with Crippen LogP contribution in [-0.2, 0) is 6.54 Å². The van der Waals surface area contributed by atoms with Gasteiger partial charge in [0, 0.05) is 18.6 Å². The van der Waals surface area contributed by atoms with Crippen molar-refractivity contribution in [1.82, 2.24) is 19.4 Å². The molecule has 0 radical (unpaired) electrons. The van der Waals surface area contributed by atoms with Gasteiger partial charge in [0.25, 0.3) is 5.91 Å². The van der Waals surface area contributed by atoms with Crippen LogP contribution >= 0.6 is 11.3 Å². The predicted molar refractivity (Wildman–Crippen MR) is 114 cm³/mol. The Kier molecular flexibility index (Phi) is 4.48. The van der Waals surface area contributed by atoms with E-state index in [4.69, 9.17) is 0 Å². The zero-order valence-corrected chi connectivity index (χ0v) is 16.8. The van der Waals surface area contributed by atoms with Crippen molar-refractivity contribution in [3.8, 4) is 0 Å². The number of carbonyl (C=O) groups is 1. The van der Waals surface area contributed by atoms with Crippen LogP contribution in [0.15, 0.2) is 67.1 Å². The quantitative estimate of drug-likeness (QED) is 0.428. The number of fused-ring (bicyclic) bond motifs is 2. The number of anilines is 1. The Bertz CT molecular complexity index is 1380. The fraction of sp³-hybridized carbons (Fsp3) is 0.0909. The molecule has 4 heterocycles. The molecular formula is C22H16FN5OS. The molecule has 0 saturated carbocycles. The van der Waals surface area contributed by atoms with Crippen LogP contribution in [0.25, 0.3) is 15.9 Å². The first kappa shape index (κ1) is 18.4. The summed E-state index contributed by atoms with van der Waals surface area (Å²) >= 11 is 1.28. The Labute approximate surface area is 175 Å². The third kappa shape index (κ3) is 3.21. The maximum Gasteiger partial charge on any atom is 0.279 e. The van der Waals surface area contributed by atoms with Gasteiger partial charge in [-0.25, -0.2) is 14.4 Å². The lowest BCUT2D eigenvalue weighted by Gasteiger charge is -2.20. The molecule has 0 bridgehead atoms. The number of hydrogen-bond donors (Lipinski definition) is 0. The Hall–Kier alpha value is -3.65. The molecule has 0 atom stereocenters. The Balaban J connectivity index is 1.64. The summed E-state index contributed by atoms with van der Waals surface area (Å²) in [6.07, 6.45) is 5.22. The molecule has 0 N–H and O–H groups in total. The fourth-order valence-corrected chi connectivity index (χ4v) is 4.39. The molecule has 8 heteroatoms. The number of thiazole rings is 1. The minimum atomic E-state index is -0.333. The van der Waals surface area contributed by atoms with Gasteiger partial charge in [-0.05, 0) is 48.9 Å². The summed E-state index contributed by atoms with van der Waals surface area (Å²) in [4.78, 5) is 28.6. The minimum Gasteiger partial charge on any atom is -0.295 e. The highest BCUT2D eigenvalue weighted by Crippen LogP contribution is 2.31. The number of aryl methyl sites for hydroxylation is 1. The molecule has 4 aromatic heterocycles. The van der Waals surface area contributed by atoms with Crippen LogP contribution < -0.4 is 4.90 Å². The van der Waals surface area contributed by atoms with E-state index in [0.29, 0.717) is 32.4 Å². The fourth-order valence-electron chi connectivity index (χ4n) is 3.40. The van der Waals surface area contributed by atoms with Crippen molar-refractivity contribution in [2.24, 2.45) is 0 Å². The SMILES string of the molecule is Cc1nc2ccccn2c1C(=O)N(Cc1cccnc1)c1nc2ccc(F)cc2s1. The smallest absolute Gasteiger partial charge is 0.279 e. The molecule has 5 rings (SSSR count). The lowest BCUT2D eigenvalue weighted by Crippen LogP contribution is -2.31. The number of hydrogen-bond acceptors (Lipinski definition) is 5. The minimum absolute atomic E-state index is 0.227. The molecule has 6 nitrogen and oxygen atoms in total. The molecule has 0 saturated heterocycles. The van der Waals surface area contributed by atoms with E-state index in [0.717, 1.165) is 5.56 Å². The van der Waals surface area contributed by atoms with E-state index in [2.05, 4.69) is 15.0 Å². The zero-order valence-electron chi connectivity index (χ0n) is 16.0. The summed E-state index contributed by atoms with van der Waals surface area (Å²) < 4.78 is 16.1. The van der Waals surface area contributed by atoms with E-state index >= 15 is 0 Å². The first-order valence-electron chi connectivity index (χ1n) is 9.31. The van der Waals surface area contributed by atoms with Crippen LogP contribution in [0.2, 0.25) is 0 Å². The van der Waals surface area contributed by atoms with Crippen LogP contribution in [0.4, 0.5) is 9.52 Å². The standard InChI is InChI=1S/C22H16FN5OS/c1-14-20(27-10-3-2-6-19(27)25-14)21(29)28(13-15-5-4-9-24-12-15)22-26-17-8-7-16(23)11-18(17)30-22/h2-12H,13H2,1H3. The summed E-state index contributed by atoms with van der Waals surface area (Å²) in [6.45, 7) is 2.10. The second-order valence-electron chi connectivity index (χ2n) is 6.84. The van der Waals surface area contributed by atoms with Crippen molar-refractivity contribution in [1.29, 1.82) is 0 Å². The van der Waals surface area contributed by atoms with E-state index in [1.807, 2.05) is 43.5 Å². The first-order chi connectivity index (χ1) is 14.6. The largest absolute Gasteiger partial charge is 0.295 e. The number of pyridine rings is 2. The zero-order chi connectivity index (χ0) is 20.7. The highest BCUT2D eigenvalue weighted by molar-refractivity contribution is 7.22. The van der Waals surface area contributed by atoms with Crippen molar-refractivity contribution in [2.45, 2.75) is 13.5 Å². The number of amides is 1. The van der Waals surface area contributed by atoms with E-state index in [9.17, 15) is 9.18 Å². The van der Waals surface area contributed by atoms with Gasteiger partial charge in [-0.1, -0.05) is 23.5 Å². The van der Waals surface area contributed by atoms with E-state index in [1.54, 1.807) is 27.8 Å². The number of nitrogens with zero attached hydrogens (tertiary/aromatic N) is 5. The maximum atomic E-state index is 13.7.